The molecular weight excluding hydrogens is 296 g/mol. The lowest BCUT2D eigenvalue weighted by atomic mass is 9.71. The molecule has 3 aliphatic rings. The Balaban J connectivity index is 1.54. The fraction of sp³-hybridized carbons (Fsp3) is 0.588. The number of carbonyl (C=O) groups excluding carboxylic acids is 1. The van der Waals surface area contributed by atoms with Crippen LogP contribution in [-0.4, -0.2) is 48.4 Å². The predicted molar refractivity (Wildman–Crippen MR) is 83.1 cm³/mol. The standard InChI is InChI=1S/C17H22N2O4/c20-14-5-8-19(10-17(14)6-2-7-18-16(17)21)9-12-3-1-4-13-15(12)23-11-22-13/h1,3-4,14,20H,2,5-11H2,(H,18,21)/t14-,17+/m0/s1. The van der Waals surface area contributed by atoms with Crippen molar-refractivity contribution in [2.24, 2.45) is 5.41 Å². The van der Waals surface area contributed by atoms with E-state index >= 15 is 0 Å². The first-order valence-electron chi connectivity index (χ1n) is 8.25. The fourth-order valence-corrected chi connectivity index (χ4v) is 4.02. The van der Waals surface area contributed by atoms with E-state index in [-0.39, 0.29) is 12.7 Å². The number of fused-ring (bicyclic) bond motifs is 1. The molecule has 3 aliphatic heterocycles. The van der Waals surface area contributed by atoms with Gasteiger partial charge in [0.05, 0.1) is 11.5 Å². The molecule has 2 fully saturated rings. The maximum atomic E-state index is 12.4. The van der Waals surface area contributed by atoms with E-state index in [1.807, 2.05) is 18.2 Å². The molecule has 1 aromatic carbocycles. The van der Waals surface area contributed by atoms with Crippen molar-refractivity contribution in [3.63, 3.8) is 0 Å². The molecule has 23 heavy (non-hydrogen) atoms. The molecule has 3 heterocycles. The monoisotopic (exact) mass is 318 g/mol. The molecule has 124 valence electrons. The summed E-state index contributed by atoms with van der Waals surface area (Å²) in [7, 11) is 0. The number of rotatable bonds is 2. The molecule has 0 unspecified atom stereocenters. The van der Waals surface area contributed by atoms with Crippen LogP contribution in [0.1, 0.15) is 24.8 Å². The molecule has 6 heteroatoms. The van der Waals surface area contributed by atoms with E-state index in [2.05, 4.69) is 10.2 Å². The van der Waals surface area contributed by atoms with E-state index in [0.717, 1.165) is 36.4 Å². The van der Waals surface area contributed by atoms with E-state index in [4.69, 9.17) is 9.47 Å². The van der Waals surface area contributed by atoms with Crippen LogP contribution < -0.4 is 14.8 Å². The maximum absolute atomic E-state index is 12.4. The highest BCUT2D eigenvalue weighted by Crippen LogP contribution is 2.40. The number of aliphatic hydroxyl groups is 1. The normalized spacial score (nSPS) is 30.5. The average molecular weight is 318 g/mol. The Bertz CT molecular complexity index is 621. The highest BCUT2D eigenvalue weighted by molar-refractivity contribution is 5.84. The van der Waals surface area contributed by atoms with Crippen LogP contribution in [0.3, 0.4) is 0 Å². The Morgan fingerprint density at radius 3 is 3.17 bits per heavy atom. The van der Waals surface area contributed by atoms with Gasteiger partial charge in [-0.15, -0.1) is 0 Å². The fourth-order valence-electron chi connectivity index (χ4n) is 4.02. The number of ether oxygens (including phenoxy) is 2. The first-order valence-corrected chi connectivity index (χ1v) is 8.25. The summed E-state index contributed by atoms with van der Waals surface area (Å²) in [6.07, 6.45) is 1.75. The number of nitrogens with zero attached hydrogens (tertiary/aromatic N) is 1. The van der Waals surface area contributed by atoms with Gasteiger partial charge in [-0.3, -0.25) is 9.69 Å². The molecule has 4 rings (SSSR count). The lowest BCUT2D eigenvalue weighted by Gasteiger charge is -2.47. The van der Waals surface area contributed by atoms with Crippen molar-refractivity contribution in [2.45, 2.75) is 31.9 Å². The van der Waals surface area contributed by atoms with Gasteiger partial charge in [0, 0.05) is 31.7 Å². The van der Waals surface area contributed by atoms with Crippen molar-refractivity contribution in [1.29, 1.82) is 0 Å². The van der Waals surface area contributed by atoms with E-state index in [1.54, 1.807) is 0 Å². The number of para-hydroxylation sites is 1. The highest BCUT2D eigenvalue weighted by atomic mass is 16.7. The number of piperidine rings is 2. The summed E-state index contributed by atoms with van der Waals surface area (Å²) in [4.78, 5) is 14.7. The first-order chi connectivity index (χ1) is 11.2. The molecule has 0 bridgehead atoms. The topological polar surface area (TPSA) is 71.0 Å². The number of benzene rings is 1. The van der Waals surface area contributed by atoms with Gasteiger partial charge in [0.15, 0.2) is 11.5 Å². The van der Waals surface area contributed by atoms with Crippen molar-refractivity contribution >= 4 is 5.91 Å². The number of carbonyl (C=O) groups is 1. The van der Waals surface area contributed by atoms with Crippen molar-refractivity contribution < 1.29 is 19.4 Å². The minimum Gasteiger partial charge on any atom is -0.454 e. The average Bonchev–Trinajstić information content (AvgIpc) is 3.03. The highest BCUT2D eigenvalue weighted by Gasteiger charge is 2.49. The number of aliphatic hydroxyl groups excluding tert-OH is 1. The summed E-state index contributed by atoms with van der Waals surface area (Å²) in [6.45, 7) is 3.04. The molecule has 0 saturated carbocycles. The third-order valence-electron chi connectivity index (χ3n) is 5.27. The van der Waals surface area contributed by atoms with Crippen LogP contribution in [0, 0.1) is 5.41 Å². The van der Waals surface area contributed by atoms with Gasteiger partial charge >= 0.3 is 0 Å². The van der Waals surface area contributed by atoms with E-state index in [1.165, 1.54) is 0 Å². The first kappa shape index (κ1) is 14.8. The van der Waals surface area contributed by atoms with E-state index in [9.17, 15) is 9.90 Å². The van der Waals surface area contributed by atoms with Crippen molar-refractivity contribution in [1.82, 2.24) is 10.2 Å². The van der Waals surface area contributed by atoms with Gasteiger partial charge in [0.1, 0.15) is 0 Å². The van der Waals surface area contributed by atoms with Crippen molar-refractivity contribution in [3.05, 3.63) is 23.8 Å². The Kier molecular flexibility index (Phi) is 3.66. The quantitative estimate of drug-likeness (QED) is 0.847. The summed E-state index contributed by atoms with van der Waals surface area (Å²) in [5.41, 5.74) is 0.411. The summed E-state index contributed by atoms with van der Waals surface area (Å²) < 4.78 is 11.0. The molecule has 0 radical (unpaired) electrons. The second-order valence-corrected chi connectivity index (χ2v) is 6.68. The van der Waals surface area contributed by atoms with Crippen LogP contribution in [-0.2, 0) is 11.3 Å². The number of nitrogens with one attached hydrogen (secondary N) is 1. The number of hydrogen-bond donors (Lipinski definition) is 2. The summed E-state index contributed by atoms with van der Waals surface area (Å²) in [6, 6.07) is 5.90. The second kappa shape index (κ2) is 5.69. The van der Waals surface area contributed by atoms with Gasteiger partial charge in [-0.25, -0.2) is 0 Å². The second-order valence-electron chi connectivity index (χ2n) is 6.68. The Hall–Kier alpha value is -1.79. The predicted octanol–water partition coefficient (Wildman–Crippen LogP) is 0.878. The molecule has 1 spiro atoms. The van der Waals surface area contributed by atoms with E-state index < -0.39 is 11.5 Å². The molecule has 0 aromatic heterocycles. The lowest BCUT2D eigenvalue weighted by molar-refractivity contribution is -0.149. The molecule has 1 amide bonds. The van der Waals surface area contributed by atoms with Crippen LogP contribution >= 0.6 is 0 Å². The molecule has 2 saturated heterocycles. The minimum atomic E-state index is -0.661. The van der Waals surface area contributed by atoms with Crippen LogP contribution in [0.2, 0.25) is 0 Å². The molecule has 2 N–H and O–H groups in total. The van der Waals surface area contributed by atoms with Gasteiger partial charge in [-0.2, -0.15) is 0 Å². The van der Waals surface area contributed by atoms with Crippen molar-refractivity contribution in [3.8, 4) is 11.5 Å². The van der Waals surface area contributed by atoms with Gasteiger partial charge < -0.3 is 19.9 Å². The van der Waals surface area contributed by atoms with Gasteiger partial charge in [-0.05, 0) is 25.3 Å². The largest absolute Gasteiger partial charge is 0.454 e. The SMILES string of the molecule is O=C1NCCC[C@]12CN(Cc1cccc3c1OCO3)CC[C@@H]2O. The summed E-state index contributed by atoms with van der Waals surface area (Å²) >= 11 is 0. The van der Waals surface area contributed by atoms with Crippen LogP contribution in [0.5, 0.6) is 11.5 Å². The van der Waals surface area contributed by atoms with Gasteiger partial charge in [0.25, 0.3) is 0 Å². The number of amides is 1. The molecule has 1 aromatic rings. The Labute approximate surface area is 135 Å². The van der Waals surface area contributed by atoms with Crippen LogP contribution in [0.25, 0.3) is 0 Å². The smallest absolute Gasteiger partial charge is 0.231 e. The van der Waals surface area contributed by atoms with Crippen LogP contribution in [0.4, 0.5) is 0 Å². The lowest BCUT2D eigenvalue weighted by Crippen LogP contribution is -2.61. The zero-order valence-electron chi connectivity index (χ0n) is 13.1. The summed E-state index contributed by atoms with van der Waals surface area (Å²) in [5, 5.41) is 13.4. The molecule has 6 nitrogen and oxygen atoms in total. The third kappa shape index (κ3) is 2.46. The van der Waals surface area contributed by atoms with Crippen molar-refractivity contribution in [2.75, 3.05) is 26.4 Å². The maximum Gasteiger partial charge on any atom is 0.231 e. The van der Waals surface area contributed by atoms with Gasteiger partial charge in [-0.1, -0.05) is 12.1 Å². The minimum absolute atomic E-state index is 0.00109. The number of hydrogen-bond acceptors (Lipinski definition) is 5. The Morgan fingerprint density at radius 2 is 2.30 bits per heavy atom. The zero-order chi connectivity index (χ0) is 15.9. The van der Waals surface area contributed by atoms with Crippen LogP contribution in [0.15, 0.2) is 18.2 Å². The molecular formula is C17H22N2O4. The number of likely N-dealkylation sites (tertiary alicyclic amines) is 1. The third-order valence-corrected chi connectivity index (χ3v) is 5.27. The summed E-state index contributed by atoms with van der Waals surface area (Å²) in [5.74, 6) is 1.59. The molecule has 0 aliphatic carbocycles. The Morgan fingerprint density at radius 1 is 1.39 bits per heavy atom. The van der Waals surface area contributed by atoms with Gasteiger partial charge in [0.2, 0.25) is 12.7 Å². The molecule has 2 atom stereocenters. The van der Waals surface area contributed by atoms with E-state index in [0.29, 0.717) is 26.1 Å². The zero-order valence-corrected chi connectivity index (χ0v) is 13.1.